The Morgan fingerprint density at radius 1 is 1.06 bits per heavy atom. The number of imidazole rings is 1. The van der Waals surface area contributed by atoms with Gasteiger partial charge in [-0.1, -0.05) is 23.2 Å². The molecule has 0 amide bonds. The van der Waals surface area contributed by atoms with Gasteiger partial charge in [-0.2, -0.15) is 13.2 Å². The van der Waals surface area contributed by atoms with Crippen molar-refractivity contribution in [3.8, 4) is 23.0 Å². The molecule has 0 saturated carbocycles. The van der Waals surface area contributed by atoms with Crippen LogP contribution in [0.2, 0.25) is 10.0 Å². The van der Waals surface area contributed by atoms with E-state index in [1.54, 1.807) is 0 Å². The van der Waals surface area contributed by atoms with E-state index in [-0.39, 0.29) is 38.9 Å². The average molecular weight is 492 g/mol. The van der Waals surface area contributed by atoms with Crippen molar-refractivity contribution in [2.75, 3.05) is 11.0 Å². The number of alkyl halides is 3. The molecule has 0 radical (unpaired) electrons. The maximum atomic E-state index is 13.0. The standard InChI is InChI=1S/C17H10Cl2F3N5O3S/c1-31(28,29)26-9-2-3-10(11(18)5-9)15-24-25-16(30-15)13-7-27-6-8(17(20,21)22)4-12(19)14(27)23-13/h2-7,26H,1H3. The Labute approximate surface area is 182 Å². The Bertz CT molecular complexity index is 1420. The van der Waals surface area contributed by atoms with Crippen LogP contribution in [0.5, 0.6) is 0 Å². The van der Waals surface area contributed by atoms with Gasteiger partial charge in [-0.3, -0.25) is 4.72 Å². The molecule has 1 N–H and O–H groups in total. The van der Waals surface area contributed by atoms with E-state index in [1.165, 1.54) is 24.4 Å². The van der Waals surface area contributed by atoms with Gasteiger partial charge in [0.2, 0.25) is 15.9 Å². The van der Waals surface area contributed by atoms with E-state index in [2.05, 4.69) is 19.9 Å². The highest BCUT2D eigenvalue weighted by atomic mass is 35.5. The molecule has 162 valence electrons. The normalized spacial score (nSPS) is 12.5. The predicted molar refractivity (Wildman–Crippen MR) is 107 cm³/mol. The average Bonchev–Trinajstić information content (AvgIpc) is 3.26. The Morgan fingerprint density at radius 3 is 2.42 bits per heavy atom. The summed E-state index contributed by atoms with van der Waals surface area (Å²) in [6, 6.07) is 5.07. The third kappa shape index (κ3) is 4.45. The lowest BCUT2D eigenvalue weighted by atomic mass is 10.2. The maximum Gasteiger partial charge on any atom is 0.417 e. The van der Waals surface area contributed by atoms with Crippen molar-refractivity contribution in [1.82, 2.24) is 19.6 Å². The van der Waals surface area contributed by atoms with Gasteiger partial charge >= 0.3 is 6.18 Å². The third-order valence-corrected chi connectivity index (χ3v) is 5.18. The Hall–Kier alpha value is -2.83. The van der Waals surface area contributed by atoms with Gasteiger partial charge in [0.1, 0.15) is 5.69 Å². The number of halogens is 5. The van der Waals surface area contributed by atoms with Crippen molar-refractivity contribution < 1.29 is 26.0 Å². The van der Waals surface area contributed by atoms with E-state index in [0.717, 1.165) is 22.9 Å². The van der Waals surface area contributed by atoms with Crippen molar-refractivity contribution >= 4 is 44.6 Å². The molecule has 3 aromatic heterocycles. The monoisotopic (exact) mass is 491 g/mol. The summed E-state index contributed by atoms with van der Waals surface area (Å²) < 4.78 is 70.6. The van der Waals surface area contributed by atoms with Crippen molar-refractivity contribution in [2.24, 2.45) is 0 Å². The molecule has 4 rings (SSSR count). The fraction of sp³-hybridized carbons (Fsp3) is 0.118. The summed E-state index contributed by atoms with van der Waals surface area (Å²) in [6.07, 6.45) is -1.46. The molecule has 4 aromatic rings. The van der Waals surface area contributed by atoms with Gasteiger partial charge in [0.05, 0.1) is 27.4 Å². The first-order valence-corrected chi connectivity index (χ1v) is 10.9. The third-order valence-electron chi connectivity index (χ3n) is 3.98. The SMILES string of the molecule is CS(=O)(=O)Nc1ccc(-c2nnc(-c3cn4cc(C(F)(F)F)cc(Cl)c4n3)o2)c(Cl)c1. The van der Waals surface area contributed by atoms with Gasteiger partial charge in [-0.25, -0.2) is 13.4 Å². The predicted octanol–water partition coefficient (Wildman–Crippen LogP) is 4.75. The zero-order valence-corrected chi connectivity index (χ0v) is 17.6. The van der Waals surface area contributed by atoms with Crippen LogP contribution in [0.1, 0.15) is 5.56 Å². The molecule has 14 heteroatoms. The minimum absolute atomic E-state index is 0.00467. The zero-order valence-electron chi connectivity index (χ0n) is 15.3. The van der Waals surface area contributed by atoms with Gasteiger partial charge in [0.25, 0.3) is 5.89 Å². The number of pyridine rings is 1. The second-order valence-corrected chi connectivity index (χ2v) is 8.98. The molecule has 1 aromatic carbocycles. The van der Waals surface area contributed by atoms with Gasteiger partial charge in [-0.05, 0) is 24.3 Å². The summed E-state index contributed by atoms with van der Waals surface area (Å²) in [5.41, 5.74) is -0.188. The van der Waals surface area contributed by atoms with Crippen LogP contribution in [0, 0.1) is 0 Å². The van der Waals surface area contributed by atoms with Crippen LogP contribution in [0.15, 0.2) is 41.1 Å². The van der Waals surface area contributed by atoms with Gasteiger partial charge in [-0.15, -0.1) is 10.2 Å². The molecule has 0 aliphatic carbocycles. The zero-order chi connectivity index (χ0) is 22.6. The minimum atomic E-state index is -4.57. The number of sulfonamides is 1. The van der Waals surface area contributed by atoms with Crippen LogP contribution in [0.4, 0.5) is 18.9 Å². The molecule has 0 saturated heterocycles. The summed E-state index contributed by atoms with van der Waals surface area (Å²) in [4.78, 5) is 4.15. The number of hydrogen-bond acceptors (Lipinski definition) is 6. The summed E-state index contributed by atoms with van der Waals surface area (Å²) in [5.74, 6) is -0.0669. The topological polar surface area (TPSA) is 102 Å². The number of rotatable bonds is 4. The van der Waals surface area contributed by atoms with E-state index < -0.39 is 21.8 Å². The summed E-state index contributed by atoms with van der Waals surface area (Å²) in [6.45, 7) is 0. The number of hydrogen-bond donors (Lipinski definition) is 1. The van der Waals surface area contributed by atoms with E-state index in [9.17, 15) is 21.6 Å². The van der Waals surface area contributed by atoms with Crippen LogP contribution in [-0.2, 0) is 16.2 Å². The molecule has 0 fully saturated rings. The van der Waals surface area contributed by atoms with Crippen LogP contribution in [0.3, 0.4) is 0 Å². The molecular formula is C17H10Cl2F3N5O3S. The number of nitrogens with one attached hydrogen (secondary N) is 1. The Morgan fingerprint density at radius 2 is 1.77 bits per heavy atom. The smallest absolute Gasteiger partial charge is 0.414 e. The molecule has 8 nitrogen and oxygen atoms in total. The molecule has 0 spiro atoms. The van der Waals surface area contributed by atoms with Crippen LogP contribution >= 0.6 is 23.2 Å². The molecule has 0 bridgehead atoms. The van der Waals surface area contributed by atoms with Crippen LogP contribution < -0.4 is 4.72 Å². The number of nitrogens with zero attached hydrogens (tertiary/aromatic N) is 4. The first kappa shape index (κ1) is 21.4. The summed E-state index contributed by atoms with van der Waals surface area (Å²) in [5, 5.41) is 7.67. The van der Waals surface area contributed by atoms with Crippen LogP contribution in [0.25, 0.3) is 28.7 Å². The first-order valence-electron chi connectivity index (χ1n) is 8.28. The van der Waals surface area contributed by atoms with Gasteiger partial charge in [0, 0.05) is 18.1 Å². The number of aromatic nitrogens is 4. The van der Waals surface area contributed by atoms with Gasteiger partial charge < -0.3 is 8.82 Å². The largest absolute Gasteiger partial charge is 0.417 e. The van der Waals surface area contributed by atoms with E-state index in [0.29, 0.717) is 5.56 Å². The van der Waals surface area contributed by atoms with Crippen molar-refractivity contribution in [3.63, 3.8) is 0 Å². The highest BCUT2D eigenvalue weighted by molar-refractivity contribution is 7.92. The fourth-order valence-electron chi connectivity index (χ4n) is 2.72. The lowest BCUT2D eigenvalue weighted by molar-refractivity contribution is -0.137. The number of anilines is 1. The van der Waals surface area contributed by atoms with Crippen molar-refractivity contribution in [3.05, 3.63) is 52.3 Å². The first-order chi connectivity index (χ1) is 14.4. The van der Waals surface area contributed by atoms with E-state index in [4.69, 9.17) is 27.6 Å². The molecule has 31 heavy (non-hydrogen) atoms. The molecule has 0 aliphatic rings. The Kier molecular flexibility index (Phi) is 5.10. The lowest BCUT2D eigenvalue weighted by Crippen LogP contribution is -2.09. The summed E-state index contributed by atoms with van der Waals surface area (Å²) in [7, 11) is -3.48. The second-order valence-electron chi connectivity index (χ2n) is 6.41. The van der Waals surface area contributed by atoms with E-state index in [1.807, 2.05) is 0 Å². The highest BCUT2D eigenvalue weighted by Gasteiger charge is 2.32. The molecular weight excluding hydrogens is 482 g/mol. The molecule has 3 heterocycles. The second kappa shape index (κ2) is 7.39. The van der Waals surface area contributed by atoms with Gasteiger partial charge in [0.15, 0.2) is 5.65 Å². The quantitative estimate of drug-likeness (QED) is 0.441. The highest BCUT2D eigenvalue weighted by Crippen LogP contribution is 2.34. The maximum absolute atomic E-state index is 13.0. The van der Waals surface area contributed by atoms with Crippen LogP contribution in [-0.4, -0.2) is 34.3 Å². The lowest BCUT2D eigenvalue weighted by Gasteiger charge is -2.07. The van der Waals surface area contributed by atoms with E-state index >= 15 is 0 Å². The molecule has 0 unspecified atom stereocenters. The molecule has 0 aliphatic heterocycles. The Balaban J connectivity index is 1.69. The van der Waals surface area contributed by atoms with Crippen molar-refractivity contribution in [2.45, 2.75) is 6.18 Å². The number of benzene rings is 1. The summed E-state index contributed by atoms with van der Waals surface area (Å²) >= 11 is 12.1. The van der Waals surface area contributed by atoms with Crippen molar-refractivity contribution in [1.29, 1.82) is 0 Å². The minimum Gasteiger partial charge on any atom is -0.414 e. The number of fused-ring (bicyclic) bond motifs is 1. The molecule has 0 atom stereocenters. The fourth-order valence-corrected chi connectivity index (χ4v) is 3.79.